The van der Waals surface area contributed by atoms with Gasteiger partial charge in [-0.15, -0.1) is 0 Å². The Balaban J connectivity index is 2.66. The van der Waals surface area contributed by atoms with Crippen LogP contribution in [-0.4, -0.2) is 12.5 Å². The molecule has 1 aromatic carbocycles. The first-order valence-corrected chi connectivity index (χ1v) is 5.62. The van der Waals surface area contributed by atoms with Crippen LogP contribution in [0.4, 0.5) is 0 Å². The summed E-state index contributed by atoms with van der Waals surface area (Å²) in [4.78, 5) is 11.9. The van der Waals surface area contributed by atoms with E-state index in [1.54, 1.807) is 0 Å². The molecule has 0 saturated carbocycles. The minimum atomic E-state index is 0.0279. The average Bonchev–Trinajstić information content (AvgIpc) is 2.24. The fourth-order valence-corrected chi connectivity index (χ4v) is 1.70. The van der Waals surface area contributed by atoms with Crippen LogP contribution in [0.1, 0.15) is 34.8 Å². The monoisotopic (exact) mass is 217 g/mol. The van der Waals surface area contributed by atoms with E-state index in [1.807, 2.05) is 51.1 Å². The van der Waals surface area contributed by atoms with E-state index >= 15 is 0 Å². The summed E-state index contributed by atoms with van der Waals surface area (Å²) in [5, 5.41) is 2.93. The van der Waals surface area contributed by atoms with Gasteiger partial charge in [-0.05, 0) is 38.3 Å². The van der Waals surface area contributed by atoms with Crippen molar-refractivity contribution in [2.75, 3.05) is 6.54 Å². The predicted molar refractivity (Wildman–Crippen MR) is 67.7 cm³/mol. The van der Waals surface area contributed by atoms with E-state index in [-0.39, 0.29) is 5.91 Å². The number of nitrogens with one attached hydrogen (secondary N) is 1. The molecule has 0 aliphatic heterocycles. The Morgan fingerprint density at radius 1 is 1.31 bits per heavy atom. The molecule has 1 N–H and O–H groups in total. The fraction of sp³-hybridized carbons (Fsp3) is 0.357. The second-order valence-electron chi connectivity index (χ2n) is 3.88. The van der Waals surface area contributed by atoms with Gasteiger partial charge in [-0.1, -0.05) is 30.4 Å². The number of hydrogen-bond donors (Lipinski definition) is 1. The Morgan fingerprint density at radius 2 is 1.94 bits per heavy atom. The Hall–Kier alpha value is -1.57. The van der Waals surface area contributed by atoms with Gasteiger partial charge in [-0.3, -0.25) is 4.79 Å². The van der Waals surface area contributed by atoms with Crippen LogP contribution in [0.25, 0.3) is 0 Å². The maximum absolute atomic E-state index is 11.9. The van der Waals surface area contributed by atoms with E-state index in [9.17, 15) is 4.79 Å². The van der Waals surface area contributed by atoms with Crippen molar-refractivity contribution in [2.45, 2.75) is 27.2 Å². The first-order valence-electron chi connectivity index (χ1n) is 5.62. The van der Waals surface area contributed by atoms with Crippen molar-refractivity contribution in [2.24, 2.45) is 0 Å². The molecule has 1 aromatic rings. The molecule has 0 atom stereocenters. The summed E-state index contributed by atoms with van der Waals surface area (Å²) in [6.45, 7) is 6.60. The lowest BCUT2D eigenvalue weighted by molar-refractivity contribution is 0.0953. The largest absolute Gasteiger partial charge is 0.352 e. The molecule has 2 nitrogen and oxygen atoms in total. The van der Waals surface area contributed by atoms with Crippen molar-refractivity contribution in [3.05, 3.63) is 47.0 Å². The van der Waals surface area contributed by atoms with Crippen molar-refractivity contribution in [1.82, 2.24) is 5.32 Å². The molecule has 0 radical (unpaired) electrons. The summed E-state index contributed by atoms with van der Waals surface area (Å²) in [5.41, 5.74) is 2.87. The number of hydrogen-bond acceptors (Lipinski definition) is 1. The van der Waals surface area contributed by atoms with Gasteiger partial charge in [0.1, 0.15) is 0 Å². The third kappa shape index (κ3) is 3.23. The minimum Gasteiger partial charge on any atom is -0.352 e. The standard InChI is InChI=1S/C14H19NO/c1-4-5-6-10-15-14(16)13-11(2)8-7-9-12(13)3/h4-5,7-9H,6,10H2,1-3H3,(H,15,16)/b5-4+. The topological polar surface area (TPSA) is 29.1 Å². The number of rotatable bonds is 4. The van der Waals surface area contributed by atoms with Crippen LogP contribution in [-0.2, 0) is 0 Å². The van der Waals surface area contributed by atoms with E-state index in [0.29, 0.717) is 6.54 Å². The molecular weight excluding hydrogens is 198 g/mol. The molecule has 86 valence electrons. The van der Waals surface area contributed by atoms with Crippen LogP contribution >= 0.6 is 0 Å². The van der Waals surface area contributed by atoms with Gasteiger partial charge in [-0.2, -0.15) is 0 Å². The third-order valence-electron chi connectivity index (χ3n) is 2.54. The molecule has 16 heavy (non-hydrogen) atoms. The van der Waals surface area contributed by atoms with Gasteiger partial charge in [0.15, 0.2) is 0 Å². The smallest absolute Gasteiger partial charge is 0.251 e. The first-order chi connectivity index (χ1) is 7.66. The Labute approximate surface area is 97.4 Å². The summed E-state index contributed by atoms with van der Waals surface area (Å²) >= 11 is 0. The molecule has 0 heterocycles. The van der Waals surface area contributed by atoms with E-state index in [1.165, 1.54) is 0 Å². The van der Waals surface area contributed by atoms with Gasteiger partial charge < -0.3 is 5.32 Å². The van der Waals surface area contributed by atoms with Gasteiger partial charge >= 0.3 is 0 Å². The highest BCUT2D eigenvalue weighted by Gasteiger charge is 2.10. The highest BCUT2D eigenvalue weighted by Crippen LogP contribution is 2.12. The van der Waals surface area contributed by atoms with Gasteiger partial charge in [0.05, 0.1) is 0 Å². The molecule has 2 heteroatoms. The summed E-state index contributed by atoms with van der Waals surface area (Å²) in [5.74, 6) is 0.0279. The highest BCUT2D eigenvalue weighted by atomic mass is 16.1. The van der Waals surface area contributed by atoms with Crippen molar-refractivity contribution in [3.8, 4) is 0 Å². The zero-order valence-corrected chi connectivity index (χ0v) is 10.2. The first kappa shape index (κ1) is 12.5. The van der Waals surface area contributed by atoms with Crippen molar-refractivity contribution in [3.63, 3.8) is 0 Å². The number of allylic oxidation sites excluding steroid dienone is 1. The molecule has 0 aliphatic rings. The summed E-state index contributed by atoms with van der Waals surface area (Å²) in [7, 11) is 0. The Kier molecular flexibility index (Phi) is 4.77. The lowest BCUT2D eigenvalue weighted by atomic mass is 10.0. The maximum atomic E-state index is 11.9. The summed E-state index contributed by atoms with van der Waals surface area (Å²) in [6, 6.07) is 5.91. The minimum absolute atomic E-state index is 0.0279. The van der Waals surface area contributed by atoms with E-state index in [4.69, 9.17) is 0 Å². The molecule has 0 fully saturated rings. The lowest BCUT2D eigenvalue weighted by Gasteiger charge is -2.09. The highest BCUT2D eigenvalue weighted by molar-refractivity contribution is 5.97. The van der Waals surface area contributed by atoms with Crippen LogP contribution < -0.4 is 5.32 Å². The van der Waals surface area contributed by atoms with E-state index in [0.717, 1.165) is 23.1 Å². The zero-order valence-electron chi connectivity index (χ0n) is 10.2. The van der Waals surface area contributed by atoms with Crippen LogP contribution in [0.2, 0.25) is 0 Å². The third-order valence-corrected chi connectivity index (χ3v) is 2.54. The maximum Gasteiger partial charge on any atom is 0.251 e. The van der Waals surface area contributed by atoms with Gasteiger partial charge in [0.2, 0.25) is 0 Å². The molecule has 0 unspecified atom stereocenters. The number of benzene rings is 1. The normalized spacial score (nSPS) is 10.7. The number of carbonyl (C=O) groups is 1. The molecule has 0 saturated heterocycles. The second kappa shape index (κ2) is 6.11. The lowest BCUT2D eigenvalue weighted by Crippen LogP contribution is -2.25. The van der Waals surface area contributed by atoms with Crippen molar-refractivity contribution < 1.29 is 4.79 Å². The van der Waals surface area contributed by atoms with Crippen LogP contribution in [0.15, 0.2) is 30.4 Å². The van der Waals surface area contributed by atoms with Crippen LogP contribution in [0, 0.1) is 13.8 Å². The molecule has 1 amide bonds. The van der Waals surface area contributed by atoms with Gasteiger partial charge in [0.25, 0.3) is 5.91 Å². The SMILES string of the molecule is C/C=C/CCNC(=O)c1c(C)cccc1C. The molecule has 0 aliphatic carbocycles. The Morgan fingerprint density at radius 3 is 2.50 bits per heavy atom. The zero-order chi connectivity index (χ0) is 12.0. The van der Waals surface area contributed by atoms with Crippen LogP contribution in [0.5, 0.6) is 0 Å². The molecular formula is C14H19NO. The molecule has 0 spiro atoms. The molecule has 1 rings (SSSR count). The van der Waals surface area contributed by atoms with Gasteiger partial charge in [-0.25, -0.2) is 0 Å². The molecule has 0 bridgehead atoms. The van der Waals surface area contributed by atoms with Gasteiger partial charge in [0, 0.05) is 12.1 Å². The Bertz CT molecular complexity index is 373. The number of aryl methyl sites for hydroxylation is 2. The average molecular weight is 217 g/mol. The second-order valence-corrected chi connectivity index (χ2v) is 3.88. The summed E-state index contributed by atoms with van der Waals surface area (Å²) in [6.07, 6.45) is 4.92. The van der Waals surface area contributed by atoms with E-state index < -0.39 is 0 Å². The summed E-state index contributed by atoms with van der Waals surface area (Å²) < 4.78 is 0. The quantitative estimate of drug-likeness (QED) is 0.609. The van der Waals surface area contributed by atoms with Crippen molar-refractivity contribution >= 4 is 5.91 Å². The number of carbonyl (C=O) groups excluding carboxylic acids is 1. The number of amides is 1. The van der Waals surface area contributed by atoms with Crippen LogP contribution in [0.3, 0.4) is 0 Å². The molecule has 0 aromatic heterocycles. The predicted octanol–water partition coefficient (Wildman–Crippen LogP) is 3.00. The fourth-order valence-electron chi connectivity index (χ4n) is 1.70. The van der Waals surface area contributed by atoms with E-state index in [2.05, 4.69) is 5.32 Å². The van der Waals surface area contributed by atoms with Crippen molar-refractivity contribution in [1.29, 1.82) is 0 Å².